The Kier molecular flexibility index (Phi) is 4.87. The molecule has 0 aliphatic rings. The first-order valence-corrected chi connectivity index (χ1v) is 6.87. The second-order valence-electron chi connectivity index (χ2n) is 4.49. The lowest BCUT2D eigenvalue weighted by atomic mass is 10.1. The minimum atomic E-state index is 0.138. The number of benzene rings is 1. The van der Waals surface area contributed by atoms with Gasteiger partial charge in [0.15, 0.2) is 11.6 Å². The van der Waals surface area contributed by atoms with E-state index in [2.05, 4.69) is 17.0 Å². The first-order chi connectivity index (χ1) is 9.74. The Balaban J connectivity index is 1.97. The first kappa shape index (κ1) is 14.2. The van der Waals surface area contributed by atoms with Gasteiger partial charge in [-0.3, -0.25) is 4.79 Å². The van der Waals surface area contributed by atoms with E-state index < -0.39 is 0 Å². The van der Waals surface area contributed by atoms with E-state index in [4.69, 9.17) is 4.74 Å². The molecule has 0 amide bonds. The second kappa shape index (κ2) is 6.84. The number of hydrogen-bond donors (Lipinski definition) is 0. The maximum Gasteiger partial charge on any atom is 0.164 e. The van der Waals surface area contributed by atoms with Crippen molar-refractivity contribution in [1.82, 2.24) is 14.8 Å². The smallest absolute Gasteiger partial charge is 0.164 e. The number of aryl methyl sites for hydroxylation is 1. The van der Waals surface area contributed by atoms with Crippen LogP contribution in [0.2, 0.25) is 0 Å². The van der Waals surface area contributed by atoms with E-state index in [1.165, 1.54) is 6.33 Å². The van der Waals surface area contributed by atoms with Crippen molar-refractivity contribution < 1.29 is 9.53 Å². The molecule has 0 N–H and O–H groups in total. The molecule has 1 aromatic heterocycles. The number of Topliss-reactive ketones (excluding diaryl/α,β-unsaturated/α-hetero) is 1. The van der Waals surface area contributed by atoms with Gasteiger partial charge < -0.3 is 4.74 Å². The van der Waals surface area contributed by atoms with Crippen molar-refractivity contribution in [3.05, 3.63) is 42.0 Å². The quantitative estimate of drug-likeness (QED) is 0.728. The van der Waals surface area contributed by atoms with Crippen molar-refractivity contribution in [3.8, 4) is 5.75 Å². The van der Waals surface area contributed by atoms with Gasteiger partial charge >= 0.3 is 0 Å². The number of aromatic nitrogens is 3. The van der Waals surface area contributed by atoms with Crippen LogP contribution in [0.15, 0.2) is 30.6 Å². The fourth-order valence-corrected chi connectivity index (χ4v) is 1.89. The monoisotopic (exact) mass is 273 g/mol. The number of rotatable bonds is 7. The Bertz CT molecular complexity index is 561. The van der Waals surface area contributed by atoms with Gasteiger partial charge in [0, 0.05) is 18.5 Å². The predicted molar refractivity (Wildman–Crippen MR) is 75.7 cm³/mol. The Morgan fingerprint density at radius 1 is 1.25 bits per heavy atom. The molecule has 0 saturated heterocycles. The summed E-state index contributed by atoms with van der Waals surface area (Å²) in [5, 5.41) is 4.15. The lowest BCUT2D eigenvalue weighted by Gasteiger charge is -2.07. The van der Waals surface area contributed by atoms with Crippen LogP contribution < -0.4 is 4.74 Å². The number of hydrogen-bond acceptors (Lipinski definition) is 4. The van der Waals surface area contributed by atoms with Crippen molar-refractivity contribution in [3.63, 3.8) is 0 Å². The third-order valence-electron chi connectivity index (χ3n) is 3.00. The van der Waals surface area contributed by atoms with Crippen LogP contribution in [-0.2, 0) is 13.2 Å². The van der Waals surface area contributed by atoms with Crippen molar-refractivity contribution in [2.45, 2.75) is 39.8 Å². The zero-order valence-electron chi connectivity index (χ0n) is 11.9. The molecule has 5 heteroatoms. The number of carbonyl (C=O) groups excluding carboxylic acids is 1. The van der Waals surface area contributed by atoms with E-state index in [1.54, 1.807) is 12.1 Å². The maximum atomic E-state index is 11.5. The standard InChI is InChI=1S/C15H19N3O2/c1-3-9-18-15(16-11-17-18)10-20-13-7-5-12(6-8-13)14(19)4-2/h5-8,11H,3-4,9-10H2,1-2H3. The van der Waals surface area contributed by atoms with Gasteiger partial charge in [-0.05, 0) is 30.7 Å². The molecule has 0 aliphatic heterocycles. The van der Waals surface area contributed by atoms with Crippen molar-refractivity contribution >= 4 is 5.78 Å². The lowest BCUT2D eigenvalue weighted by molar-refractivity contribution is 0.0988. The summed E-state index contributed by atoms with van der Waals surface area (Å²) in [7, 11) is 0. The van der Waals surface area contributed by atoms with Crippen LogP contribution in [0.1, 0.15) is 42.9 Å². The molecule has 0 saturated carbocycles. The van der Waals surface area contributed by atoms with Gasteiger partial charge in [0.1, 0.15) is 18.7 Å². The highest BCUT2D eigenvalue weighted by atomic mass is 16.5. The molecule has 0 aliphatic carbocycles. The summed E-state index contributed by atoms with van der Waals surface area (Å²) in [6.45, 7) is 5.16. The highest BCUT2D eigenvalue weighted by Gasteiger charge is 2.06. The maximum absolute atomic E-state index is 11.5. The molecule has 0 radical (unpaired) electrons. The van der Waals surface area contributed by atoms with Gasteiger partial charge in [-0.15, -0.1) is 0 Å². The van der Waals surface area contributed by atoms with E-state index in [0.29, 0.717) is 18.6 Å². The van der Waals surface area contributed by atoms with Gasteiger partial charge in [-0.1, -0.05) is 13.8 Å². The van der Waals surface area contributed by atoms with Crippen LogP contribution in [-0.4, -0.2) is 20.5 Å². The first-order valence-electron chi connectivity index (χ1n) is 6.87. The van der Waals surface area contributed by atoms with E-state index in [9.17, 15) is 4.79 Å². The minimum Gasteiger partial charge on any atom is -0.486 e. The molecule has 2 rings (SSSR count). The second-order valence-corrected chi connectivity index (χ2v) is 4.49. The fraction of sp³-hybridized carbons (Fsp3) is 0.400. The molecule has 0 atom stereocenters. The van der Waals surface area contributed by atoms with Crippen LogP contribution in [0.5, 0.6) is 5.75 Å². The van der Waals surface area contributed by atoms with Crippen molar-refractivity contribution in [2.75, 3.05) is 0 Å². The zero-order chi connectivity index (χ0) is 14.4. The van der Waals surface area contributed by atoms with E-state index in [-0.39, 0.29) is 5.78 Å². The molecular weight excluding hydrogens is 254 g/mol. The summed E-state index contributed by atoms with van der Waals surface area (Å²) < 4.78 is 7.51. The zero-order valence-corrected chi connectivity index (χ0v) is 11.9. The molecule has 0 fully saturated rings. The third-order valence-corrected chi connectivity index (χ3v) is 3.00. The minimum absolute atomic E-state index is 0.138. The molecule has 20 heavy (non-hydrogen) atoms. The van der Waals surface area contributed by atoms with Crippen LogP contribution in [0.25, 0.3) is 0 Å². The van der Waals surface area contributed by atoms with E-state index >= 15 is 0 Å². The summed E-state index contributed by atoms with van der Waals surface area (Å²) in [6, 6.07) is 7.20. The summed E-state index contributed by atoms with van der Waals surface area (Å²) in [6.07, 6.45) is 3.06. The van der Waals surface area contributed by atoms with Crippen molar-refractivity contribution in [1.29, 1.82) is 0 Å². The fourth-order valence-electron chi connectivity index (χ4n) is 1.89. The predicted octanol–water partition coefficient (Wildman–Crippen LogP) is 2.86. The van der Waals surface area contributed by atoms with Crippen LogP contribution >= 0.6 is 0 Å². The van der Waals surface area contributed by atoms with Gasteiger partial charge in [-0.25, -0.2) is 9.67 Å². The van der Waals surface area contributed by atoms with E-state index in [1.807, 2.05) is 23.7 Å². The third kappa shape index (κ3) is 3.44. The number of carbonyl (C=O) groups is 1. The highest BCUT2D eigenvalue weighted by Crippen LogP contribution is 2.14. The largest absolute Gasteiger partial charge is 0.486 e. The van der Waals surface area contributed by atoms with Crippen LogP contribution in [0.4, 0.5) is 0 Å². The Labute approximate surface area is 118 Å². The normalized spacial score (nSPS) is 10.5. The van der Waals surface area contributed by atoms with Crippen LogP contribution in [0, 0.1) is 0 Å². The highest BCUT2D eigenvalue weighted by molar-refractivity contribution is 5.95. The topological polar surface area (TPSA) is 57.0 Å². The molecule has 0 unspecified atom stereocenters. The molecule has 106 valence electrons. The molecule has 1 aromatic carbocycles. The average Bonchev–Trinajstić information content (AvgIpc) is 2.92. The van der Waals surface area contributed by atoms with E-state index in [0.717, 1.165) is 24.5 Å². The molecule has 2 aromatic rings. The number of ether oxygens (including phenoxy) is 1. The Hall–Kier alpha value is -2.17. The van der Waals surface area contributed by atoms with Gasteiger partial charge in [0.05, 0.1) is 0 Å². The SMILES string of the molecule is CCCn1ncnc1COc1ccc(C(=O)CC)cc1. The molecule has 0 spiro atoms. The average molecular weight is 273 g/mol. The van der Waals surface area contributed by atoms with Gasteiger partial charge in [0.25, 0.3) is 0 Å². The van der Waals surface area contributed by atoms with Gasteiger partial charge in [0.2, 0.25) is 0 Å². The summed E-state index contributed by atoms with van der Waals surface area (Å²) in [5.41, 5.74) is 0.717. The van der Waals surface area contributed by atoms with Crippen LogP contribution in [0.3, 0.4) is 0 Å². The summed E-state index contributed by atoms with van der Waals surface area (Å²) >= 11 is 0. The summed E-state index contributed by atoms with van der Waals surface area (Å²) in [5.74, 6) is 1.67. The molecular formula is C15H19N3O2. The summed E-state index contributed by atoms with van der Waals surface area (Å²) in [4.78, 5) is 15.7. The molecule has 5 nitrogen and oxygen atoms in total. The molecule has 0 bridgehead atoms. The lowest BCUT2D eigenvalue weighted by Crippen LogP contribution is -2.08. The van der Waals surface area contributed by atoms with Gasteiger partial charge in [-0.2, -0.15) is 5.10 Å². The Morgan fingerprint density at radius 2 is 2.00 bits per heavy atom. The molecule has 1 heterocycles. The van der Waals surface area contributed by atoms with Crippen molar-refractivity contribution in [2.24, 2.45) is 0 Å². The number of ketones is 1. The number of nitrogens with zero attached hydrogens (tertiary/aromatic N) is 3. The Morgan fingerprint density at radius 3 is 2.65 bits per heavy atom.